The maximum Gasteiger partial charge on any atom is 0.139 e. The van der Waals surface area contributed by atoms with E-state index in [1.807, 2.05) is 43.6 Å². The van der Waals surface area contributed by atoms with E-state index in [0.29, 0.717) is 0 Å². The highest BCUT2D eigenvalue weighted by Gasteiger charge is 2.10. The third kappa shape index (κ3) is 1.83. The number of halogens is 1. The van der Waals surface area contributed by atoms with Gasteiger partial charge in [-0.3, -0.25) is 0 Å². The summed E-state index contributed by atoms with van der Waals surface area (Å²) in [6, 6.07) is 11.8. The van der Waals surface area contributed by atoms with Gasteiger partial charge in [-0.25, -0.2) is 4.98 Å². The molecule has 90 valence electrons. The molecule has 3 nitrogen and oxygen atoms in total. The zero-order chi connectivity index (χ0) is 12.5. The molecule has 0 fully saturated rings. The highest BCUT2D eigenvalue weighted by molar-refractivity contribution is 6.30. The van der Waals surface area contributed by atoms with Crippen molar-refractivity contribution in [1.29, 1.82) is 0 Å². The Morgan fingerprint density at radius 2 is 2.11 bits per heavy atom. The van der Waals surface area contributed by atoms with Crippen LogP contribution in [-0.4, -0.2) is 17.0 Å². The lowest BCUT2D eigenvalue weighted by Crippen LogP contribution is -2.08. The van der Waals surface area contributed by atoms with Crippen molar-refractivity contribution in [3.05, 3.63) is 53.8 Å². The first-order valence-corrected chi connectivity index (χ1v) is 6.05. The van der Waals surface area contributed by atoms with Crippen LogP contribution in [-0.2, 0) is 0 Å². The number of hydrogen-bond acceptors (Lipinski definition) is 2. The normalized spacial score (nSPS) is 10.8. The number of hydrogen-bond donors (Lipinski definition) is 1. The number of pyridine rings is 1. The molecule has 0 aliphatic heterocycles. The lowest BCUT2D eigenvalue weighted by atomic mass is 10.2. The highest BCUT2D eigenvalue weighted by Crippen LogP contribution is 2.31. The van der Waals surface area contributed by atoms with E-state index in [2.05, 4.69) is 20.9 Å². The largest absolute Gasteiger partial charge is 0.344 e. The zero-order valence-corrected chi connectivity index (χ0v) is 10.6. The van der Waals surface area contributed by atoms with Gasteiger partial charge in [-0.1, -0.05) is 17.7 Å². The van der Waals surface area contributed by atoms with Crippen molar-refractivity contribution in [2.75, 3.05) is 11.9 Å². The molecule has 3 rings (SSSR count). The molecule has 1 N–H and O–H groups in total. The van der Waals surface area contributed by atoms with Crippen LogP contribution in [0.15, 0.2) is 48.8 Å². The smallest absolute Gasteiger partial charge is 0.139 e. The number of aromatic nitrogens is 2. The number of aromatic amines is 1. The predicted octanol–water partition coefficient (Wildman–Crippen LogP) is 3.98. The van der Waals surface area contributed by atoms with E-state index in [0.717, 1.165) is 27.4 Å². The average Bonchev–Trinajstić information content (AvgIpc) is 2.82. The number of anilines is 2. The summed E-state index contributed by atoms with van der Waals surface area (Å²) in [5.74, 6) is 0. The topological polar surface area (TPSA) is 31.9 Å². The summed E-state index contributed by atoms with van der Waals surface area (Å²) in [7, 11) is 2.02. The summed E-state index contributed by atoms with van der Waals surface area (Å²) in [5, 5.41) is 1.83. The van der Waals surface area contributed by atoms with Crippen LogP contribution in [0.4, 0.5) is 11.4 Å². The van der Waals surface area contributed by atoms with Gasteiger partial charge in [0.25, 0.3) is 0 Å². The van der Waals surface area contributed by atoms with E-state index in [-0.39, 0.29) is 0 Å². The molecule has 0 aliphatic carbocycles. The molecule has 0 saturated heterocycles. The molecular formula is C14H12ClN3. The van der Waals surface area contributed by atoms with Crippen LogP contribution in [0.25, 0.3) is 11.0 Å². The molecular weight excluding hydrogens is 246 g/mol. The van der Waals surface area contributed by atoms with E-state index in [4.69, 9.17) is 11.6 Å². The summed E-state index contributed by atoms with van der Waals surface area (Å²) in [5.41, 5.74) is 3.02. The van der Waals surface area contributed by atoms with E-state index in [9.17, 15) is 0 Å². The van der Waals surface area contributed by atoms with Crippen molar-refractivity contribution in [2.24, 2.45) is 0 Å². The number of nitrogens with zero attached hydrogens (tertiary/aromatic N) is 2. The fraction of sp³-hybridized carbons (Fsp3) is 0.0714. The minimum Gasteiger partial charge on any atom is -0.344 e. The number of rotatable bonds is 2. The molecule has 3 aromatic rings. The van der Waals surface area contributed by atoms with Crippen molar-refractivity contribution >= 4 is 34.0 Å². The Hall–Kier alpha value is -2.00. The lowest BCUT2D eigenvalue weighted by Gasteiger charge is -2.18. The SMILES string of the molecule is CN(c1cccc(Cl)c1)c1c[nH]c2ncccc12. The minimum absolute atomic E-state index is 0.734. The van der Waals surface area contributed by atoms with Gasteiger partial charge in [0.2, 0.25) is 0 Å². The summed E-state index contributed by atoms with van der Waals surface area (Å²) >= 11 is 6.02. The van der Waals surface area contributed by atoms with Crippen molar-refractivity contribution in [3.63, 3.8) is 0 Å². The molecule has 0 saturated carbocycles. The highest BCUT2D eigenvalue weighted by atomic mass is 35.5. The predicted molar refractivity (Wildman–Crippen MR) is 75.6 cm³/mol. The average molecular weight is 258 g/mol. The van der Waals surface area contributed by atoms with Gasteiger partial charge in [-0.05, 0) is 30.3 Å². The maximum atomic E-state index is 6.02. The van der Waals surface area contributed by atoms with Gasteiger partial charge in [0, 0.05) is 35.5 Å². The summed E-state index contributed by atoms with van der Waals surface area (Å²) in [6.07, 6.45) is 3.74. The van der Waals surface area contributed by atoms with Gasteiger partial charge in [0.05, 0.1) is 5.69 Å². The van der Waals surface area contributed by atoms with Crippen molar-refractivity contribution in [1.82, 2.24) is 9.97 Å². The molecule has 2 heterocycles. The first kappa shape index (κ1) is 11.1. The molecule has 1 aromatic carbocycles. The Balaban J connectivity index is 2.09. The number of benzene rings is 1. The van der Waals surface area contributed by atoms with E-state index < -0.39 is 0 Å². The molecule has 18 heavy (non-hydrogen) atoms. The Bertz CT molecular complexity index is 690. The zero-order valence-electron chi connectivity index (χ0n) is 9.89. The van der Waals surface area contributed by atoms with Gasteiger partial charge in [-0.15, -0.1) is 0 Å². The van der Waals surface area contributed by atoms with Gasteiger partial charge in [0.15, 0.2) is 0 Å². The number of fused-ring (bicyclic) bond motifs is 1. The van der Waals surface area contributed by atoms with Gasteiger partial charge >= 0.3 is 0 Å². The molecule has 0 bridgehead atoms. The summed E-state index contributed by atoms with van der Waals surface area (Å²) in [4.78, 5) is 9.54. The molecule has 4 heteroatoms. The Morgan fingerprint density at radius 1 is 1.22 bits per heavy atom. The van der Waals surface area contributed by atoms with E-state index in [1.165, 1.54) is 0 Å². The van der Waals surface area contributed by atoms with Crippen LogP contribution < -0.4 is 4.90 Å². The lowest BCUT2D eigenvalue weighted by molar-refractivity contribution is 1.22. The standard InChI is InChI=1S/C14H12ClN3/c1-18(11-5-2-4-10(15)8-11)13-9-17-14-12(13)6-3-7-16-14/h2-9H,1H3,(H,16,17). The first-order valence-electron chi connectivity index (χ1n) is 5.67. The second kappa shape index (κ2) is 4.35. The quantitative estimate of drug-likeness (QED) is 0.753. The van der Waals surface area contributed by atoms with Crippen molar-refractivity contribution in [2.45, 2.75) is 0 Å². The van der Waals surface area contributed by atoms with Crippen LogP contribution in [0, 0.1) is 0 Å². The molecule has 0 aliphatic rings. The summed E-state index contributed by atoms with van der Waals surface area (Å²) in [6.45, 7) is 0. The minimum atomic E-state index is 0.734. The fourth-order valence-electron chi connectivity index (χ4n) is 2.04. The van der Waals surface area contributed by atoms with E-state index in [1.54, 1.807) is 6.20 Å². The van der Waals surface area contributed by atoms with Crippen LogP contribution >= 0.6 is 11.6 Å². The Kier molecular flexibility index (Phi) is 2.68. The molecule has 0 radical (unpaired) electrons. The van der Waals surface area contributed by atoms with Gasteiger partial charge in [0.1, 0.15) is 5.65 Å². The Morgan fingerprint density at radius 3 is 2.94 bits per heavy atom. The molecule has 2 aromatic heterocycles. The molecule has 0 spiro atoms. The second-order valence-electron chi connectivity index (χ2n) is 4.11. The number of H-pyrrole nitrogens is 1. The van der Waals surface area contributed by atoms with Crippen molar-refractivity contribution in [3.8, 4) is 0 Å². The van der Waals surface area contributed by atoms with Crippen LogP contribution in [0.5, 0.6) is 0 Å². The third-order valence-electron chi connectivity index (χ3n) is 2.99. The molecule has 0 unspecified atom stereocenters. The van der Waals surface area contributed by atoms with Gasteiger partial charge < -0.3 is 9.88 Å². The van der Waals surface area contributed by atoms with Crippen molar-refractivity contribution < 1.29 is 0 Å². The molecule has 0 atom stereocenters. The third-order valence-corrected chi connectivity index (χ3v) is 3.22. The monoisotopic (exact) mass is 257 g/mol. The summed E-state index contributed by atoms with van der Waals surface area (Å²) < 4.78 is 0. The van der Waals surface area contributed by atoms with Gasteiger partial charge in [-0.2, -0.15) is 0 Å². The number of nitrogens with one attached hydrogen (secondary N) is 1. The van der Waals surface area contributed by atoms with Crippen LogP contribution in [0.1, 0.15) is 0 Å². The molecule has 0 amide bonds. The maximum absolute atomic E-state index is 6.02. The first-order chi connectivity index (χ1) is 8.75. The second-order valence-corrected chi connectivity index (χ2v) is 4.55. The van der Waals surface area contributed by atoms with Crippen LogP contribution in [0.2, 0.25) is 5.02 Å². The van der Waals surface area contributed by atoms with Crippen LogP contribution in [0.3, 0.4) is 0 Å². The Labute approximate surface area is 110 Å². The van der Waals surface area contributed by atoms with E-state index >= 15 is 0 Å². The fourth-order valence-corrected chi connectivity index (χ4v) is 2.23.